The van der Waals surface area contributed by atoms with Crippen molar-refractivity contribution < 1.29 is 4.74 Å². The van der Waals surface area contributed by atoms with E-state index >= 15 is 0 Å². The smallest absolute Gasteiger partial charge is 0.127 e. The van der Waals surface area contributed by atoms with Gasteiger partial charge in [0.1, 0.15) is 5.82 Å². The van der Waals surface area contributed by atoms with E-state index in [2.05, 4.69) is 45.4 Å². The molecule has 0 N–H and O–H groups in total. The Hall–Kier alpha value is -0.330. The second-order valence-electron chi connectivity index (χ2n) is 5.06. The molecule has 1 aliphatic rings. The van der Waals surface area contributed by atoms with E-state index < -0.39 is 0 Å². The number of imidazole rings is 1. The summed E-state index contributed by atoms with van der Waals surface area (Å²) in [7, 11) is 0. The number of halogens is 2. The van der Waals surface area contributed by atoms with E-state index in [4.69, 9.17) is 21.3 Å². The van der Waals surface area contributed by atoms with E-state index in [1.807, 2.05) is 6.92 Å². The Kier molecular flexibility index (Phi) is 4.01. The minimum atomic E-state index is -0.0765. The first-order valence-corrected chi connectivity index (χ1v) is 8.04. The van der Waals surface area contributed by atoms with Crippen molar-refractivity contribution in [3.63, 3.8) is 0 Å². The molecule has 0 saturated carbocycles. The number of ether oxygens (including phenoxy) is 1. The average molecular weight is 391 g/mol. The van der Waals surface area contributed by atoms with Crippen molar-refractivity contribution in [2.75, 3.05) is 13.2 Å². The standard InChI is InChI=1S/C14H16ClIN2O/c1-9(15)14-17-12-6-11(16)2-3-13(12)18(14)7-10-4-5-19-8-10/h2-3,6,9-10H,4-5,7-8H2,1H3. The summed E-state index contributed by atoms with van der Waals surface area (Å²) < 4.78 is 8.94. The van der Waals surface area contributed by atoms with Gasteiger partial charge in [0.2, 0.25) is 0 Å². The molecule has 19 heavy (non-hydrogen) atoms. The summed E-state index contributed by atoms with van der Waals surface area (Å²) >= 11 is 8.60. The van der Waals surface area contributed by atoms with Crippen molar-refractivity contribution in [1.82, 2.24) is 9.55 Å². The summed E-state index contributed by atoms with van der Waals surface area (Å²) in [5, 5.41) is -0.0765. The number of hydrogen-bond donors (Lipinski definition) is 0. The van der Waals surface area contributed by atoms with Crippen molar-refractivity contribution >= 4 is 45.2 Å². The lowest BCUT2D eigenvalue weighted by atomic mass is 10.1. The lowest BCUT2D eigenvalue weighted by Gasteiger charge is -2.14. The molecule has 102 valence electrons. The van der Waals surface area contributed by atoms with Crippen molar-refractivity contribution in [3.8, 4) is 0 Å². The van der Waals surface area contributed by atoms with Gasteiger partial charge in [-0.2, -0.15) is 0 Å². The molecule has 0 bridgehead atoms. The molecule has 2 heterocycles. The van der Waals surface area contributed by atoms with Gasteiger partial charge in [-0.15, -0.1) is 11.6 Å². The van der Waals surface area contributed by atoms with Gasteiger partial charge in [0, 0.05) is 22.6 Å². The predicted octanol–water partition coefficient (Wildman–Crippen LogP) is 3.98. The fraction of sp³-hybridized carbons (Fsp3) is 0.500. The number of rotatable bonds is 3. The molecule has 0 spiro atoms. The van der Waals surface area contributed by atoms with Crippen LogP contribution < -0.4 is 0 Å². The van der Waals surface area contributed by atoms with Gasteiger partial charge in [0.05, 0.1) is 23.0 Å². The van der Waals surface area contributed by atoms with Crippen LogP contribution in [0.1, 0.15) is 24.5 Å². The Morgan fingerprint density at radius 1 is 1.58 bits per heavy atom. The third kappa shape index (κ3) is 2.76. The normalized spacial score (nSPS) is 21.1. The second kappa shape index (κ2) is 5.58. The van der Waals surface area contributed by atoms with E-state index in [1.165, 1.54) is 9.09 Å². The molecular formula is C14H16ClIN2O. The van der Waals surface area contributed by atoms with Crippen LogP contribution in [-0.4, -0.2) is 22.8 Å². The SMILES string of the molecule is CC(Cl)c1nc2cc(I)ccc2n1CC1CCOC1. The molecule has 0 radical (unpaired) electrons. The summed E-state index contributed by atoms with van der Waals surface area (Å²) in [6.07, 6.45) is 1.13. The van der Waals surface area contributed by atoms with Crippen molar-refractivity contribution in [3.05, 3.63) is 27.6 Å². The molecule has 1 aromatic carbocycles. The lowest BCUT2D eigenvalue weighted by molar-refractivity contribution is 0.182. The van der Waals surface area contributed by atoms with Gasteiger partial charge in [-0.25, -0.2) is 4.98 Å². The van der Waals surface area contributed by atoms with Crippen LogP contribution in [0.3, 0.4) is 0 Å². The van der Waals surface area contributed by atoms with Gasteiger partial charge in [0.15, 0.2) is 0 Å². The highest BCUT2D eigenvalue weighted by atomic mass is 127. The Morgan fingerprint density at radius 2 is 2.42 bits per heavy atom. The van der Waals surface area contributed by atoms with Gasteiger partial charge in [-0.05, 0) is 54.1 Å². The Bertz CT molecular complexity index is 590. The van der Waals surface area contributed by atoms with Crippen LogP contribution in [-0.2, 0) is 11.3 Å². The van der Waals surface area contributed by atoms with Crippen LogP contribution in [0, 0.1) is 9.49 Å². The van der Waals surface area contributed by atoms with Gasteiger partial charge >= 0.3 is 0 Å². The molecule has 0 amide bonds. The van der Waals surface area contributed by atoms with Crippen LogP contribution >= 0.6 is 34.2 Å². The molecule has 2 atom stereocenters. The molecular weight excluding hydrogens is 375 g/mol. The van der Waals surface area contributed by atoms with Crippen molar-refractivity contribution in [2.24, 2.45) is 5.92 Å². The average Bonchev–Trinajstić information content (AvgIpc) is 2.97. The fourth-order valence-corrected chi connectivity index (χ4v) is 3.24. The lowest BCUT2D eigenvalue weighted by Crippen LogP contribution is -2.13. The van der Waals surface area contributed by atoms with Crippen molar-refractivity contribution in [2.45, 2.75) is 25.3 Å². The van der Waals surface area contributed by atoms with Crippen LogP contribution in [0.5, 0.6) is 0 Å². The van der Waals surface area contributed by atoms with Gasteiger partial charge in [0.25, 0.3) is 0 Å². The zero-order chi connectivity index (χ0) is 13.4. The summed E-state index contributed by atoms with van der Waals surface area (Å²) in [4.78, 5) is 4.70. The zero-order valence-corrected chi connectivity index (χ0v) is 13.7. The topological polar surface area (TPSA) is 27.1 Å². The first-order chi connectivity index (χ1) is 9.15. The van der Waals surface area contributed by atoms with E-state index in [9.17, 15) is 0 Å². The van der Waals surface area contributed by atoms with Gasteiger partial charge < -0.3 is 9.30 Å². The molecule has 2 unspecified atom stereocenters. The molecule has 3 nitrogen and oxygen atoms in total. The van der Waals surface area contributed by atoms with Gasteiger partial charge in [-0.3, -0.25) is 0 Å². The number of hydrogen-bond acceptors (Lipinski definition) is 2. The van der Waals surface area contributed by atoms with E-state index in [0.29, 0.717) is 5.92 Å². The quantitative estimate of drug-likeness (QED) is 0.585. The third-order valence-corrected chi connectivity index (χ3v) is 4.43. The van der Waals surface area contributed by atoms with Crippen molar-refractivity contribution in [1.29, 1.82) is 0 Å². The van der Waals surface area contributed by atoms with E-state index in [-0.39, 0.29) is 5.38 Å². The number of benzene rings is 1. The molecule has 0 aliphatic carbocycles. The number of nitrogens with zero attached hydrogens (tertiary/aromatic N) is 2. The third-order valence-electron chi connectivity index (χ3n) is 3.56. The summed E-state index contributed by atoms with van der Waals surface area (Å²) in [5.74, 6) is 1.54. The largest absolute Gasteiger partial charge is 0.381 e. The number of fused-ring (bicyclic) bond motifs is 1. The summed E-state index contributed by atoms with van der Waals surface area (Å²) in [6.45, 7) is 4.65. The first kappa shape index (κ1) is 13.6. The molecule has 1 saturated heterocycles. The molecule has 1 aromatic heterocycles. The maximum Gasteiger partial charge on any atom is 0.127 e. The fourth-order valence-electron chi connectivity index (χ4n) is 2.60. The Morgan fingerprint density at radius 3 is 3.11 bits per heavy atom. The second-order valence-corrected chi connectivity index (χ2v) is 6.96. The summed E-state index contributed by atoms with van der Waals surface area (Å²) in [6, 6.07) is 6.37. The molecule has 5 heteroatoms. The Balaban J connectivity index is 2.05. The summed E-state index contributed by atoms with van der Waals surface area (Å²) in [5.41, 5.74) is 2.21. The first-order valence-electron chi connectivity index (χ1n) is 6.52. The highest BCUT2D eigenvalue weighted by Crippen LogP contribution is 2.28. The van der Waals surface area contributed by atoms with Gasteiger partial charge in [-0.1, -0.05) is 0 Å². The highest BCUT2D eigenvalue weighted by Gasteiger charge is 2.21. The van der Waals surface area contributed by atoms with Crippen LogP contribution in [0.25, 0.3) is 11.0 Å². The Labute approximate surface area is 131 Å². The minimum Gasteiger partial charge on any atom is -0.381 e. The maximum atomic E-state index is 6.29. The number of alkyl halides is 1. The highest BCUT2D eigenvalue weighted by molar-refractivity contribution is 14.1. The van der Waals surface area contributed by atoms with E-state index in [1.54, 1.807) is 0 Å². The van der Waals surface area contributed by atoms with Crippen LogP contribution in [0.15, 0.2) is 18.2 Å². The maximum absolute atomic E-state index is 6.29. The molecule has 1 aliphatic heterocycles. The predicted molar refractivity (Wildman–Crippen MR) is 85.6 cm³/mol. The van der Waals surface area contributed by atoms with E-state index in [0.717, 1.165) is 37.5 Å². The van der Waals surface area contributed by atoms with Crippen LogP contribution in [0.4, 0.5) is 0 Å². The zero-order valence-electron chi connectivity index (χ0n) is 10.8. The number of aromatic nitrogens is 2. The van der Waals surface area contributed by atoms with Crippen LogP contribution in [0.2, 0.25) is 0 Å². The molecule has 3 rings (SSSR count). The molecule has 1 fully saturated rings. The minimum absolute atomic E-state index is 0.0765. The monoisotopic (exact) mass is 390 g/mol. The molecule has 2 aromatic rings.